The highest BCUT2D eigenvalue weighted by Gasteiger charge is 2.24. The van der Waals surface area contributed by atoms with Gasteiger partial charge in [0.25, 0.3) is 0 Å². The van der Waals surface area contributed by atoms with Crippen LogP contribution in [0.25, 0.3) is 0 Å². The van der Waals surface area contributed by atoms with Gasteiger partial charge < -0.3 is 11.1 Å². The van der Waals surface area contributed by atoms with E-state index in [1.807, 2.05) is 20.8 Å². The van der Waals surface area contributed by atoms with E-state index in [0.717, 1.165) is 4.31 Å². The second kappa shape index (κ2) is 5.76. The van der Waals surface area contributed by atoms with Gasteiger partial charge in [-0.1, -0.05) is 0 Å². The van der Waals surface area contributed by atoms with Gasteiger partial charge in [0.05, 0.1) is 6.54 Å². The number of hydrogen-bond donors (Lipinski definition) is 2. The standard InChI is InChI=1S/C12H20N4O3S/c1-12(2,3)15-11(17)8-16(4)20(18,19)9-5-6-10(13)14-7-9/h5-7H,8H2,1-4H3,(H2,13,14)(H,15,17). The van der Waals surface area contributed by atoms with Crippen molar-refractivity contribution in [2.45, 2.75) is 31.2 Å². The fourth-order valence-corrected chi connectivity index (χ4v) is 2.54. The highest BCUT2D eigenvalue weighted by Crippen LogP contribution is 2.13. The lowest BCUT2D eigenvalue weighted by atomic mass is 10.1. The van der Waals surface area contributed by atoms with E-state index in [-0.39, 0.29) is 23.2 Å². The predicted molar refractivity (Wildman–Crippen MR) is 76.4 cm³/mol. The van der Waals surface area contributed by atoms with Gasteiger partial charge in [-0.2, -0.15) is 4.31 Å². The van der Waals surface area contributed by atoms with Crippen LogP contribution in [0.1, 0.15) is 20.8 Å². The van der Waals surface area contributed by atoms with E-state index in [0.29, 0.717) is 0 Å². The number of sulfonamides is 1. The van der Waals surface area contributed by atoms with E-state index < -0.39 is 15.6 Å². The van der Waals surface area contributed by atoms with E-state index in [4.69, 9.17) is 5.73 Å². The second-order valence-electron chi connectivity index (χ2n) is 5.48. The van der Waals surface area contributed by atoms with Crippen LogP contribution in [0.15, 0.2) is 23.2 Å². The molecule has 0 spiro atoms. The predicted octanol–water partition coefficient (Wildman–Crippen LogP) is 0.199. The maximum Gasteiger partial charge on any atom is 0.244 e. The van der Waals surface area contributed by atoms with Gasteiger partial charge in [-0.3, -0.25) is 4.79 Å². The molecule has 0 aliphatic heterocycles. The third-order valence-corrected chi connectivity index (χ3v) is 4.14. The lowest BCUT2D eigenvalue weighted by molar-refractivity contribution is -0.122. The SMILES string of the molecule is CN(CC(=O)NC(C)(C)C)S(=O)(=O)c1ccc(N)nc1. The first-order chi connectivity index (χ1) is 9.02. The number of carbonyl (C=O) groups is 1. The largest absolute Gasteiger partial charge is 0.384 e. The summed E-state index contributed by atoms with van der Waals surface area (Å²) in [7, 11) is -2.41. The number of rotatable bonds is 4. The van der Waals surface area contributed by atoms with Crippen molar-refractivity contribution >= 4 is 21.7 Å². The highest BCUT2D eigenvalue weighted by atomic mass is 32.2. The molecule has 0 fully saturated rings. The maximum absolute atomic E-state index is 12.2. The van der Waals surface area contributed by atoms with Crippen molar-refractivity contribution in [3.63, 3.8) is 0 Å². The first kappa shape index (κ1) is 16.4. The average Bonchev–Trinajstić information content (AvgIpc) is 2.26. The number of pyridine rings is 1. The number of carbonyl (C=O) groups excluding carboxylic acids is 1. The number of amides is 1. The van der Waals surface area contributed by atoms with Gasteiger partial charge in [-0.15, -0.1) is 0 Å². The smallest absolute Gasteiger partial charge is 0.244 e. The minimum atomic E-state index is -3.75. The molecule has 20 heavy (non-hydrogen) atoms. The second-order valence-corrected chi connectivity index (χ2v) is 7.52. The minimum Gasteiger partial charge on any atom is -0.384 e. The molecule has 1 aromatic heterocycles. The van der Waals surface area contributed by atoms with E-state index >= 15 is 0 Å². The molecule has 0 saturated carbocycles. The minimum absolute atomic E-state index is 0.00208. The third-order valence-electron chi connectivity index (χ3n) is 2.35. The molecule has 3 N–H and O–H groups in total. The molecule has 0 aromatic carbocycles. The zero-order valence-corrected chi connectivity index (χ0v) is 12.9. The van der Waals surface area contributed by atoms with Crippen molar-refractivity contribution in [2.75, 3.05) is 19.3 Å². The Morgan fingerprint density at radius 1 is 1.40 bits per heavy atom. The van der Waals surface area contributed by atoms with Crippen LogP contribution >= 0.6 is 0 Å². The Kier molecular flexibility index (Phi) is 4.72. The Morgan fingerprint density at radius 3 is 2.45 bits per heavy atom. The summed E-state index contributed by atoms with van der Waals surface area (Å²) in [5, 5.41) is 2.70. The first-order valence-electron chi connectivity index (χ1n) is 6.01. The Hall–Kier alpha value is -1.67. The fourth-order valence-electron chi connectivity index (χ4n) is 1.47. The van der Waals surface area contributed by atoms with Gasteiger partial charge in [-0.25, -0.2) is 13.4 Å². The van der Waals surface area contributed by atoms with Crippen molar-refractivity contribution in [3.05, 3.63) is 18.3 Å². The van der Waals surface area contributed by atoms with Gasteiger partial charge in [0.2, 0.25) is 15.9 Å². The molecule has 8 heteroatoms. The molecule has 1 rings (SSSR count). The van der Waals surface area contributed by atoms with Crippen molar-refractivity contribution in [1.29, 1.82) is 0 Å². The van der Waals surface area contributed by atoms with Crippen LogP contribution in [0.3, 0.4) is 0 Å². The molecular formula is C12H20N4O3S. The summed E-state index contributed by atoms with van der Waals surface area (Å²) in [6.45, 7) is 5.21. The first-order valence-corrected chi connectivity index (χ1v) is 7.45. The van der Waals surface area contributed by atoms with Crippen LogP contribution in [0.5, 0.6) is 0 Å². The Labute approximate surface area is 119 Å². The lowest BCUT2D eigenvalue weighted by Crippen LogP contribution is -2.46. The zero-order valence-electron chi connectivity index (χ0n) is 12.0. The maximum atomic E-state index is 12.2. The van der Waals surface area contributed by atoms with Gasteiger partial charge in [0, 0.05) is 18.8 Å². The molecule has 112 valence electrons. The molecule has 0 aliphatic carbocycles. The molecule has 0 bridgehead atoms. The van der Waals surface area contributed by atoms with Gasteiger partial charge in [-0.05, 0) is 32.9 Å². The van der Waals surface area contributed by atoms with Crippen molar-refractivity contribution in [3.8, 4) is 0 Å². The number of anilines is 1. The number of nitrogen functional groups attached to an aromatic ring is 1. The van der Waals surface area contributed by atoms with Crippen molar-refractivity contribution in [1.82, 2.24) is 14.6 Å². The molecule has 1 aromatic rings. The summed E-state index contributed by atoms with van der Waals surface area (Å²) in [6.07, 6.45) is 1.17. The van der Waals surface area contributed by atoms with Crippen LogP contribution in [-0.2, 0) is 14.8 Å². The van der Waals surface area contributed by atoms with E-state index in [1.165, 1.54) is 25.4 Å². The topological polar surface area (TPSA) is 105 Å². The number of aromatic nitrogens is 1. The average molecular weight is 300 g/mol. The molecule has 7 nitrogen and oxygen atoms in total. The van der Waals surface area contributed by atoms with E-state index in [1.54, 1.807) is 0 Å². The molecule has 0 radical (unpaired) electrons. The molecule has 1 amide bonds. The number of hydrogen-bond acceptors (Lipinski definition) is 5. The molecule has 0 aliphatic rings. The highest BCUT2D eigenvalue weighted by molar-refractivity contribution is 7.89. The summed E-state index contributed by atoms with van der Waals surface area (Å²) in [5.41, 5.74) is 5.00. The number of nitrogens with one attached hydrogen (secondary N) is 1. The van der Waals surface area contributed by atoms with Crippen LogP contribution in [0.2, 0.25) is 0 Å². The zero-order chi connectivity index (χ0) is 15.6. The molecule has 0 saturated heterocycles. The fraction of sp³-hybridized carbons (Fsp3) is 0.500. The molecule has 1 heterocycles. The van der Waals surface area contributed by atoms with E-state index in [9.17, 15) is 13.2 Å². The van der Waals surface area contributed by atoms with Gasteiger partial charge >= 0.3 is 0 Å². The van der Waals surface area contributed by atoms with Crippen LogP contribution in [0, 0.1) is 0 Å². The summed E-state index contributed by atoms with van der Waals surface area (Å²) >= 11 is 0. The summed E-state index contributed by atoms with van der Waals surface area (Å²) in [4.78, 5) is 15.5. The summed E-state index contributed by atoms with van der Waals surface area (Å²) in [6, 6.07) is 2.76. The monoisotopic (exact) mass is 300 g/mol. The number of likely N-dealkylation sites (N-methyl/N-ethyl adjacent to an activating group) is 1. The third kappa shape index (κ3) is 4.46. The molecule has 0 unspecified atom stereocenters. The summed E-state index contributed by atoms with van der Waals surface area (Å²) < 4.78 is 25.4. The lowest BCUT2D eigenvalue weighted by Gasteiger charge is -2.23. The quantitative estimate of drug-likeness (QED) is 0.826. The van der Waals surface area contributed by atoms with E-state index in [2.05, 4.69) is 10.3 Å². The van der Waals surface area contributed by atoms with Crippen LogP contribution < -0.4 is 11.1 Å². The molecule has 0 atom stereocenters. The van der Waals surface area contributed by atoms with Crippen LogP contribution in [-0.4, -0.2) is 42.7 Å². The molecular weight excluding hydrogens is 280 g/mol. The number of nitrogens with zero attached hydrogens (tertiary/aromatic N) is 2. The van der Waals surface area contributed by atoms with Crippen LogP contribution in [0.4, 0.5) is 5.82 Å². The van der Waals surface area contributed by atoms with Crippen molar-refractivity contribution in [2.24, 2.45) is 0 Å². The Bertz CT molecular complexity index is 576. The van der Waals surface area contributed by atoms with Gasteiger partial charge in [0.15, 0.2) is 0 Å². The number of nitrogens with two attached hydrogens (primary N) is 1. The Morgan fingerprint density at radius 2 is 2.00 bits per heavy atom. The van der Waals surface area contributed by atoms with Gasteiger partial charge in [0.1, 0.15) is 10.7 Å². The normalized spacial score (nSPS) is 12.4. The Balaban J connectivity index is 2.83. The van der Waals surface area contributed by atoms with Crippen molar-refractivity contribution < 1.29 is 13.2 Å². The summed E-state index contributed by atoms with van der Waals surface area (Å²) in [5.74, 6) is -0.135.